The van der Waals surface area contributed by atoms with Gasteiger partial charge in [0.2, 0.25) is 5.91 Å². The fourth-order valence-electron chi connectivity index (χ4n) is 3.94. The summed E-state index contributed by atoms with van der Waals surface area (Å²) in [6, 6.07) is 10.5. The molecule has 2 aromatic rings. The van der Waals surface area contributed by atoms with E-state index in [1.165, 1.54) is 11.1 Å². The van der Waals surface area contributed by atoms with Gasteiger partial charge < -0.3 is 15.0 Å². The molecule has 1 amide bonds. The van der Waals surface area contributed by atoms with E-state index in [1.54, 1.807) is 12.4 Å². The maximum atomic E-state index is 12.2. The largest absolute Gasteiger partial charge is 0.493 e. The van der Waals surface area contributed by atoms with Gasteiger partial charge in [0.1, 0.15) is 5.75 Å². The molecule has 0 unspecified atom stereocenters. The van der Waals surface area contributed by atoms with Gasteiger partial charge in [-0.25, -0.2) is 0 Å². The van der Waals surface area contributed by atoms with E-state index in [0.29, 0.717) is 6.42 Å². The molecule has 0 radical (unpaired) electrons. The zero-order valence-electron chi connectivity index (χ0n) is 14.4. The van der Waals surface area contributed by atoms with E-state index in [4.69, 9.17) is 4.74 Å². The smallest absolute Gasteiger partial charge is 0.223 e. The summed E-state index contributed by atoms with van der Waals surface area (Å²) in [7, 11) is 1.90. The highest BCUT2D eigenvalue weighted by molar-refractivity contribution is 5.79. The van der Waals surface area contributed by atoms with E-state index in [1.807, 2.05) is 24.1 Å². The molecule has 0 aliphatic carbocycles. The lowest BCUT2D eigenvalue weighted by molar-refractivity contribution is -0.127. The minimum atomic E-state index is 0.122. The molecule has 1 saturated heterocycles. The lowest BCUT2D eigenvalue weighted by atomic mass is 9.94. The van der Waals surface area contributed by atoms with Crippen molar-refractivity contribution in [2.45, 2.75) is 25.4 Å². The molecule has 4 rings (SSSR count). The SMILES string of the molecule is CN1C(=O)C[C@@H](CNCc2ccc3c(c2)CCO3)[C@@H]1c1ccncc1. The van der Waals surface area contributed by atoms with E-state index < -0.39 is 0 Å². The van der Waals surface area contributed by atoms with Crippen molar-refractivity contribution in [3.05, 3.63) is 59.4 Å². The standard InChI is InChI=1S/C20H23N3O2/c1-23-19(24)11-17(20(23)15-4-7-21-8-5-15)13-22-12-14-2-3-18-16(10-14)6-9-25-18/h2-5,7-8,10,17,20,22H,6,9,11-13H2,1H3/t17-,20-/m0/s1. The van der Waals surface area contributed by atoms with Crippen molar-refractivity contribution in [1.82, 2.24) is 15.2 Å². The van der Waals surface area contributed by atoms with Gasteiger partial charge in [0, 0.05) is 51.3 Å². The summed E-state index contributed by atoms with van der Waals surface area (Å²) in [5, 5.41) is 3.54. The van der Waals surface area contributed by atoms with Crippen LogP contribution in [0, 0.1) is 5.92 Å². The van der Waals surface area contributed by atoms with Crippen molar-refractivity contribution in [3.8, 4) is 5.75 Å². The molecule has 25 heavy (non-hydrogen) atoms. The number of nitrogens with zero attached hydrogens (tertiary/aromatic N) is 2. The van der Waals surface area contributed by atoms with Gasteiger partial charge in [-0.1, -0.05) is 12.1 Å². The Balaban J connectivity index is 1.40. The second kappa shape index (κ2) is 6.84. The quantitative estimate of drug-likeness (QED) is 0.910. The molecule has 5 nitrogen and oxygen atoms in total. The predicted molar refractivity (Wildman–Crippen MR) is 95.2 cm³/mol. The summed E-state index contributed by atoms with van der Waals surface area (Å²) in [5.41, 5.74) is 3.72. The first-order valence-corrected chi connectivity index (χ1v) is 8.83. The molecule has 2 atom stereocenters. The third kappa shape index (κ3) is 3.24. The summed E-state index contributed by atoms with van der Waals surface area (Å²) in [6.07, 6.45) is 5.18. The third-order valence-electron chi connectivity index (χ3n) is 5.23. The number of likely N-dealkylation sites (tertiary alicyclic amines) is 1. The lowest BCUT2D eigenvalue weighted by Crippen LogP contribution is -2.29. The molecule has 1 aromatic carbocycles. The average Bonchev–Trinajstić information content (AvgIpc) is 3.20. The molecule has 5 heteroatoms. The van der Waals surface area contributed by atoms with Gasteiger partial charge in [0.05, 0.1) is 12.6 Å². The maximum Gasteiger partial charge on any atom is 0.223 e. The first kappa shape index (κ1) is 16.1. The number of fused-ring (bicyclic) bond motifs is 1. The average molecular weight is 337 g/mol. The van der Waals surface area contributed by atoms with Crippen LogP contribution in [0.3, 0.4) is 0 Å². The second-order valence-corrected chi connectivity index (χ2v) is 6.87. The fourth-order valence-corrected chi connectivity index (χ4v) is 3.94. The molecule has 130 valence electrons. The van der Waals surface area contributed by atoms with Crippen LogP contribution in [0.2, 0.25) is 0 Å². The highest BCUT2D eigenvalue weighted by Gasteiger charge is 2.37. The first-order valence-electron chi connectivity index (χ1n) is 8.83. The number of nitrogens with one attached hydrogen (secondary N) is 1. The molecule has 2 aliphatic heterocycles. The number of hydrogen-bond donors (Lipinski definition) is 1. The van der Waals surface area contributed by atoms with Gasteiger partial charge in [-0.2, -0.15) is 0 Å². The highest BCUT2D eigenvalue weighted by Crippen LogP contribution is 2.36. The van der Waals surface area contributed by atoms with Crippen molar-refractivity contribution < 1.29 is 9.53 Å². The second-order valence-electron chi connectivity index (χ2n) is 6.87. The van der Waals surface area contributed by atoms with Gasteiger partial charge in [-0.05, 0) is 34.9 Å². The summed E-state index contributed by atoms with van der Waals surface area (Å²) in [6.45, 7) is 2.41. The molecular formula is C20H23N3O2. The Morgan fingerprint density at radius 2 is 2.12 bits per heavy atom. The van der Waals surface area contributed by atoms with Crippen LogP contribution in [-0.4, -0.2) is 36.0 Å². The van der Waals surface area contributed by atoms with Crippen LogP contribution in [0.5, 0.6) is 5.75 Å². The first-order chi connectivity index (χ1) is 12.2. The van der Waals surface area contributed by atoms with E-state index in [9.17, 15) is 4.79 Å². The number of hydrogen-bond acceptors (Lipinski definition) is 4. The van der Waals surface area contributed by atoms with Crippen LogP contribution in [-0.2, 0) is 17.8 Å². The lowest BCUT2D eigenvalue weighted by Gasteiger charge is -2.25. The minimum Gasteiger partial charge on any atom is -0.493 e. The summed E-state index contributed by atoms with van der Waals surface area (Å²) < 4.78 is 5.56. The normalized spacial score (nSPS) is 22.1. The van der Waals surface area contributed by atoms with Crippen LogP contribution >= 0.6 is 0 Å². The number of rotatable bonds is 5. The van der Waals surface area contributed by atoms with Crippen molar-refractivity contribution in [3.63, 3.8) is 0 Å². The number of carbonyl (C=O) groups is 1. The number of carbonyl (C=O) groups excluding carboxylic acids is 1. The molecule has 1 N–H and O–H groups in total. The number of pyridine rings is 1. The Hall–Kier alpha value is -2.40. The van der Waals surface area contributed by atoms with Gasteiger partial charge in [-0.15, -0.1) is 0 Å². The van der Waals surface area contributed by atoms with Crippen LogP contribution < -0.4 is 10.1 Å². The Bertz CT molecular complexity index is 763. The van der Waals surface area contributed by atoms with Gasteiger partial charge in [0.15, 0.2) is 0 Å². The van der Waals surface area contributed by atoms with Crippen LogP contribution in [0.15, 0.2) is 42.7 Å². The van der Waals surface area contributed by atoms with E-state index in [0.717, 1.165) is 37.4 Å². The molecular weight excluding hydrogens is 314 g/mol. The van der Waals surface area contributed by atoms with Gasteiger partial charge in [-0.3, -0.25) is 9.78 Å². The summed E-state index contributed by atoms with van der Waals surface area (Å²) in [5.74, 6) is 1.51. The van der Waals surface area contributed by atoms with E-state index in [2.05, 4.69) is 28.5 Å². The summed E-state index contributed by atoms with van der Waals surface area (Å²) in [4.78, 5) is 18.2. The highest BCUT2D eigenvalue weighted by atomic mass is 16.5. The predicted octanol–water partition coefficient (Wildman–Crippen LogP) is 2.33. The van der Waals surface area contributed by atoms with E-state index in [-0.39, 0.29) is 17.9 Å². The molecule has 0 spiro atoms. The fraction of sp³-hybridized carbons (Fsp3) is 0.400. The van der Waals surface area contributed by atoms with Crippen molar-refractivity contribution in [2.24, 2.45) is 5.92 Å². The zero-order chi connectivity index (χ0) is 17.2. The Labute approximate surface area is 148 Å². The number of ether oxygens (including phenoxy) is 1. The molecule has 0 saturated carbocycles. The topological polar surface area (TPSA) is 54.5 Å². The van der Waals surface area contributed by atoms with Gasteiger partial charge in [0.25, 0.3) is 0 Å². The van der Waals surface area contributed by atoms with Gasteiger partial charge >= 0.3 is 0 Å². The number of benzene rings is 1. The molecule has 1 fully saturated rings. The number of aromatic nitrogens is 1. The van der Waals surface area contributed by atoms with Crippen LogP contribution in [0.1, 0.15) is 29.2 Å². The maximum absolute atomic E-state index is 12.2. The number of amides is 1. The molecule has 2 aliphatic rings. The zero-order valence-corrected chi connectivity index (χ0v) is 14.4. The van der Waals surface area contributed by atoms with Crippen molar-refractivity contribution in [2.75, 3.05) is 20.2 Å². The Kier molecular flexibility index (Phi) is 4.40. The van der Waals surface area contributed by atoms with Crippen LogP contribution in [0.4, 0.5) is 0 Å². The third-order valence-corrected chi connectivity index (χ3v) is 5.23. The van der Waals surface area contributed by atoms with Crippen molar-refractivity contribution in [1.29, 1.82) is 0 Å². The van der Waals surface area contributed by atoms with E-state index >= 15 is 0 Å². The molecule has 0 bridgehead atoms. The minimum absolute atomic E-state index is 0.122. The Morgan fingerprint density at radius 1 is 1.28 bits per heavy atom. The Morgan fingerprint density at radius 3 is 2.96 bits per heavy atom. The molecule has 3 heterocycles. The van der Waals surface area contributed by atoms with Crippen molar-refractivity contribution >= 4 is 5.91 Å². The summed E-state index contributed by atoms with van der Waals surface area (Å²) >= 11 is 0. The monoisotopic (exact) mass is 337 g/mol. The molecule has 1 aromatic heterocycles. The van der Waals surface area contributed by atoms with Crippen LogP contribution in [0.25, 0.3) is 0 Å².